The van der Waals surface area contributed by atoms with E-state index in [9.17, 15) is 28.2 Å². The van der Waals surface area contributed by atoms with Gasteiger partial charge in [0.15, 0.2) is 17.1 Å². The van der Waals surface area contributed by atoms with Crippen molar-refractivity contribution in [1.82, 2.24) is 10.3 Å². The largest absolute Gasteiger partial charge is 0.494 e. The van der Waals surface area contributed by atoms with Crippen molar-refractivity contribution in [2.24, 2.45) is 0 Å². The highest BCUT2D eigenvalue weighted by molar-refractivity contribution is 6.31. The molecular weight excluding hydrogens is 529 g/mol. The number of hydrogen-bond acceptors (Lipinski definition) is 7. The van der Waals surface area contributed by atoms with Gasteiger partial charge in [-0.1, -0.05) is 11.6 Å². The molecule has 0 saturated carbocycles. The topological polar surface area (TPSA) is 110 Å². The number of aromatic nitrogens is 1. The molecule has 2 aromatic carbocycles. The molecule has 2 atom stereocenters. The van der Waals surface area contributed by atoms with Crippen LogP contribution in [0.4, 0.5) is 13.2 Å². The predicted molar refractivity (Wildman–Crippen MR) is 134 cm³/mol. The summed E-state index contributed by atoms with van der Waals surface area (Å²) >= 11 is 5.86. The molecule has 0 aliphatic rings. The molecule has 8 nitrogen and oxygen atoms in total. The second-order valence-electron chi connectivity index (χ2n) is 8.31. The monoisotopic (exact) mass is 554 g/mol. The van der Waals surface area contributed by atoms with Crippen molar-refractivity contribution in [3.8, 4) is 28.5 Å². The van der Waals surface area contributed by atoms with Crippen LogP contribution in [0.15, 0.2) is 48.5 Å². The lowest BCUT2D eigenvalue weighted by molar-refractivity contribution is -0.101. The van der Waals surface area contributed by atoms with Gasteiger partial charge in [-0.3, -0.25) is 4.79 Å². The normalized spacial score (nSPS) is 13.5. The van der Waals surface area contributed by atoms with E-state index in [2.05, 4.69) is 10.3 Å². The first-order valence-corrected chi connectivity index (χ1v) is 11.7. The minimum absolute atomic E-state index is 0.00962. The predicted octanol–water partition coefficient (Wildman–Crippen LogP) is 4.20. The molecule has 3 aromatic rings. The number of methoxy groups -OCH3 is 2. The van der Waals surface area contributed by atoms with Gasteiger partial charge in [0.05, 0.1) is 37.6 Å². The Hall–Kier alpha value is -3.54. The number of carbonyl (C=O) groups is 1. The molecule has 3 N–H and O–H groups in total. The number of nitrogens with zero attached hydrogens (tertiary/aromatic N) is 1. The minimum Gasteiger partial charge on any atom is -0.494 e. The molecule has 3 rings (SSSR count). The third-order valence-corrected chi connectivity index (χ3v) is 5.79. The highest BCUT2D eigenvalue weighted by atomic mass is 35.5. The van der Waals surface area contributed by atoms with Crippen LogP contribution in [0.2, 0.25) is 5.02 Å². The van der Waals surface area contributed by atoms with Gasteiger partial charge in [-0.15, -0.1) is 0 Å². The Morgan fingerprint density at radius 2 is 1.76 bits per heavy atom. The lowest BCUT2D eigenvalue weighted by Crippen LogP contribution is -2.46. The van der Waals surface area contributed by atoms with E-state index in [1.165, 1.54) is 57.5 Å². The van der Waals surface area contributed by atoms with Gasteiger partial charge in [0.25, 0.3) is 12.3 Å². The van der Waals surface area contributed by atoms with Crippen LogP contribution >= 0.6 is 11.6 Å². The zero-order chi connectivity index (χ0) is 28.0. The summed E-state index contributed by atoms with van der Waals surface area (Å²) in [5.41, 5.74) is -2.99. The number of aliphatic hydroxyl groups is 2. The van der Waals surface area contributed by atoms with Crippen LogP contribution in [0.25, 0.3) is 11.3 Å². The summed E-state index contributed by atoms with van der Waals surface area (Å²) < 4.78 is 57.9. The van der Waals surface area contributed by atoms with E-state index in [4.69, 9.17) is 25.8 Å². The molecule has 38 heavy (non-hydrogen) atoms. The van der Waals surface area contributed by atoms with Gasteiger partial charge in [0, 0.05) is 11.1 Å². The van der Waals surface area contributed by atoms with Crippen LogP contribution in [0.5, 0.6) is 17.2 Å². The number of hydrogen-bond donors (Lipinski definition) is 3. The summed E-state index contributed by atoms with van der Waals surface area (Å²) in [7, 11) is 2.68. The third-order valence-electron chi connectivity index (χ3n) is 5.50. The Labute approximate surface area is 221 Å². The Morgan fingerprint density at radius 1 is 1.08 bits per heavy atom. The number of rotatable bonds is 11. The fraction of sp³-hybridized carbons (Fsp3) is 0.308. The van der Waals surface area contributed by atoms with Crippen LogP contribution in [-0.2, 0) is 5.60 Å². The molecule has 0 fully saturated rings. The first kappa shape index (κ1) is 29.0. The molecule has 0 aliphatic heterocycles. The second kappa shape index (κ2) is 12.3. The molecule has 1 unspecified atom stereocenters. The number of ether oxygens (including phenoxy) is 3. The summed E-state index contributed by atoms with van der Waals surface area (Å²) in [6.45, 7) is 0.632. The molecular formula is C26H26ClF3N2O6. The number of amides is 1. The highest BCUT2D eigenvalue weighted by Gasteiger charge is 2.42. The van der Waals surface area contributed by atoms with E-state index < -0.39 is 42.1 Å². The smallest absolute Gasteiger partial charge is 0.274 e. The summed E-state index contributed by atoms with van der Waals surface area (Å²) in [4.78, 5) is 16.9. The van der Waals surface area contributed by atoms with Gasteiger partial charge in [0.2, 0.25) is 0 Å². The van der Waals surface area contributed by atoms with Crippen molar-refractivity contribution in [2.45, 2.75) is 25.1 Å². The number of pyridine rings is 1. The number of aliphatic hydroxyl groups excluding tert-OH is 1. The number of halogens is 4. The van der Waals surface area contributed by atoms with Crippen molar-refractivity contribution in [3.05, 3.63) is 70.6 Å². The van der Waals surface area contributed by atoms with Crippen molar-refractivity contribution in [2.75, 3.05) is 27.4 Å². The quantitative estimate of drug-likeness (QED) is 0.326. The molecule has 204 valence electrons. The average Bonchev–Trinajstić information content (AvgIpc) is 2.91. The van der Waals surface area contributed by atoms with Crippen LogP contribution in [0.3, 0.4) is 0 Å². The molecule has 1 heterocycles. The number of nitrogens with one attached hydrogen (secondary N) is 1. The van der Waals surface area contributed by atoms with Gasteiger partial charge in [-0.25, -0.2) is 18.2 Å². The molecule has 12 heteroatoms. The van der Waals surface area contributed by atoms with E-state index in [1.54, 1.807) is 0 Å². The van der Waals surface area contributed by atoms with E-state index in [0.29, 0.717) is 0 Å². The van der Waals surface area contributed by atoms with Crippen molar-refractivity contribution >= 4 is 17.5 Å². The summed E-state index contributed by atoms with van der Waals surface area (Å²) in [6, 6.07) is 10.3. The number of benzene rings is 2. The molecule has 0 aliphatic carbocycles. The number of carbonyl (C=O) groups excluding carboxylic acids is 1. The molecule has 0 spiro atoms. The van der Waals surface area contributed by atoms with Crippen molar-refractivity contribution in [1.29, 1.82) is 0 Å². The summed E-state index contributed by atoms with van der Waals surface area (Å²) in [6.07, 6.45) is -4.08. The van der Waals surface area contributed by atoms with Crippen LogP contribution in [0.1, 0.15) is 23.0 Å². The Balaban J connectivity index is 1.88. The van der Waals surface area contributed by atoms with Gasteiger partial charge >= 0.3 is 0 Å². The van der Waals surface area contributed by atoms with Crippen molar-refractivity contribution in [3.63, 3.8) is 0 Å². The van der Waals surface area contributed by atoms with Gasteiger partial charge in [0.1, 0.15) is 23.9 Å². The molecule has 0 radical (unpaired) electrons. The lowest BCUT2D eigenvalue weighted by atomic mass is 9.97. The zero-order valence-electron chi connectivity index (χ0n) is 20.7. The van der Waals surface area contributed by atoms with Crippen molar-refractivity contribution < 1.29 is 42.4 Å². The Kier molecular flexibility index (Phi) is 9.42. The van der Waals surface area contributed by atoms with Crippen LogP contribution < -0.4 is 19.5 Å². The molecule has 0 saturated heterocycles. The SMILES string of the molecule is COc1cc(C(=O)NCC(O)(c2ccc(OC)c(-c3ccc(F)c(Cl)c3)n2)C(F)F)ccc1OC[C@@H](C)O. The maximum Gasteiger partial charge on any atom is 0.274 e. The van der Waals surface area contributed by atoms with Crippen LogP contribution in [-0.4, -0.2) is 61.0 Å². The van der Waals surface area contributed by atoms with Gasteiger partial charge in [-0.05, 0) is 55.5 Å². The van der Waals surface area contributed by atoms with E-state index in [-0.39, 0.29) is 45.7 Å². The third kappa shape index (κ3) is 6.47. The number of alkyl halides is 2. The second-order valence-corrected chi connectivity index (χ2v) is 8.72. The Bertz CT molecular complexity index is 1290. The maximum atomic E-state index is 14.2. The Morgan fingerprint density at radius 3 is 2.37 bits per heavy atom. The fourth-order valence-electron chi connectivity index (χ4n) is 3.44. The molecule has 1 amide bonds. The summed E-state index contributed by atoms with van der Waals surface area (Å²) in [5, 5.41) is 22.4. The first-order valence-electron chi connectivity index (χ1n) is 11.3. The first-order chi connectivity index (χ1) is 18.0. The zero-order valence-corrected chi connectivity index (χ0v) is 21.4. The van der Waals surface area contributed by atoms with Gasteiger partial charge in [-0.2, -0.15) is 0 Å². The average molecular weight is 555 g/mol. The maximum absolute atomic E-state index is 14.2. The van der Waals surface area contributed by atoms with Crippen LogP contribution in [0, 0.1) is 5.82 Å². The fourth-order valence-corrected chi connectivity index (χ4v) is 3.62. The van der Waals surface area contributed by atoms with E-state index >= 15 is 0 Å². The molecule has 0 bridgehead atoms. The standard InChI is InChI=1S/C26H26ClF3N2O6/c1-14(33)12-38-19-7-5-16(11-21(19)37-3)24(34)31-13-26(35,25(29)30)22-9-8-20(36-2)23(32-22)15-4-6-18(28)17(27)10-15/h4-11,14,25,33,35H,12-13H2,1-3H3,(H,31,34)/t14-,26?/m1/s1. The van der Waals surface area contributed by atoms with E-state index in [0.717, 1.165) is 12.1 Å². The van der Waals surface area contributed by atoms with E-state index in [1.807, 2.05) is 0 Å². The summed E-state index contributed by atoms with van der Waals surface area (Å²) in [5.74, 6) is -0.839. The minimum atomic E-state index is -3.35. The highest BCUT2D eigenvalue weighted by Crippen LogP contribution is 2.35. The lowest BCUT2D eigenvalue weighted by Gasteiger charge is -2.28. The van der Waals surface area contributed by atoms with Gasteiger partial charge < -0.3 is 29.7 Å². The molecule has 1 aromatic heterocycles.